The van der Waals surface area contributed by atoms with Crippen molar-refractivity contribution in [2.45, 2.75) is 36.0 Å². The van der Waals surface area contributed by atoms with Crippen molar-refractivity contribution in [3.63, 3.8) is 0 Å². The Morgan fingerprint density at radius 3 is 2.60 bits per heavy atom. The summed E-state index contributed by atoms with van der Waals surface area (Å²) in [6, 6.07) is 6.51. The molecular weight excluding hydrogens is 298 g/mol. The Kier molecular flexibility index (Phi) is 4.94. The molecule has 1 aromatic carbocycles. The van der Waals surface area contributed by atoms with Crippen LogP contribution in [0.4, 0.5) is 0 Å². The van der Waals surface area contributed by atoms with Gasteiger partial charge in [-0.1, -0.05) is 23.7 Å². The Balaban J connectivity index is 1.95. The number of halogens is 1. The average Bonchev–Trinajstić information content (AvgIpc) is 3.22. The first-order valence-corrected chi connectivity index (χ1v) is 7.69. The molecule has 0 saturated heterocycles. The molecule has 2 N–H and O–H groups in total. The van der Waals surface area contributed by atoms with Gasteiger partial charge in [0.25, 0.3) is 0 Å². The molecule has 6 heteroatoms. The van der Waals surface area contributed by atoms with Crippen molar-refractivity contribution in [3.8, 4) is 0 Å². The van der Waals surface area contributed by atoms with E-state index < -0.39 is 17.3 Å². The molecule has 4 nitrogen and oxygen atoms in total. The molecule has 1 aromatic rings. The third kappa shape index (κ3) is 3.90. The smallest absolute Gasteiger partial charge is 0.326 e. The van der Waals surface area contributed by atoms with Gasteiger partial charge >= 0.3 is 5.97 Å². The summed E-state index contributed by atoms with van der Waals surface area (Å²) < 4.78 is 0. The Hall–Kier alpha value is -1.20. The van der Waals surface area contributed by atoms with Crippen molar-refractivity contribution in [2.75, 3.05) is 0 Å². The number of carboxylic acid groups (broad SMARTS) is 1. The normalized spacial score (nSPS) is 17.3. The molecule has 1 saturated carbocycles. The highest BCUT2D eigenvalue weighted by molar-refractivity contribution is 8.00. The first kappa shape index (κ1) is 15.2. The van der Waals surface area contributed by atoms with E-state index in [0.717, 1.165) is 17.7 Å². The number of benzene rings is 1. The third-order valence-electron chi connectivity index (χ3n) is 3.17. The molecule has 0 heterocycles. The molecule has 0 radical (unpaired) electrons. The summed E-state index contributed by atoms with van der Waals surface area (Å²) in [7, 11) is 0. The van der Waals surface area contributed by atoms with Crippen LogP contribution in [0, 0.1) is 5.92 Å². The fraction of sp³-hybridized carbons (Fsp3) is 0.429. The quantitative estimate of drug-likeness (QED) is 0.793. The number of carboxylic acids is 1. The zero-order chi connectivity index (χ0) is 14.7. The minimum absolute atomic E-state index is 0.0777. The van der Waals surface area contributed by atoms with Crippen LogP contribution in [0.25, 0.3) is 0 Å². The number of amides is 1. The van der Waals surface area contributed by atoms with Crippen LogP contribution in [0.15, 0.2) is 29.2 Å². The minimum atomic E-state index is -0.962. The first-order chi connectivity index (χ1) is 9.49. The van der Waals surface area contributed by atoms with Gasteiger partial charge in [-0.25, -0.2) is 4.79 Å². The predicted octanol–water partition coefficient (Wildman–Crippen LogP) is 2.80. The van der Waals surface area contributed by atoms with E-state index in [1.807, 2.05) is 18.2 Å². The number of aliphatic carboxylic acids is 1. The van der Waals surface area contributed by atoms with Crippen LogP contribution < -0.4 is 5.32 Å². The van der Waals surface area contributed by atoms with Crippen molar-refractivity contribution in [1.29, 1.82) is 0 Å². The highest BCUT2D eigenvalue weighted by Gasteiger charge is 2.37. The van der Waals surface area contributed by atoms with Gasteiger partial charge in [0.1, 0.15) is 6.04 Å². The molecule has 1 aliphatic carbocycles. The molecule has 1 fully saturated rings. The predicted molar refractivity (Wildman–Crippen MR) is 79.1 cm³/mol. The molecule has 0 aliphatic heterocycles. The van der Waals surface area contributed by atoms with Crippen molar-refractivity contribution < 1.29 is 14.7 Å². The fourth-order valence-corrected chi connectivity index (χ4v) is 3.03. The van der Waals surface area contributed by atoms with Crippen LogP contribution >= 0.6 is 23.4 Å². The Bertz CT molecular complexity index is 519. The lowest BCUT2D eigenvalue weighted by molar-refractivity contribution is -0.142. The molecule has 2 atom stereocenters. The molecule has 2 unspecified atom stereocenters. The summed E-state index contributed by atoms with van der Waals surface area (Å²) in [5.41, 5.74) is 0. The average molecular weight is 314 g/mol. The second-order valence-corrected chi connectivity index (χ2v) is 6.64. The summed E-state index contributed by atoms with van der Waals surface area (Å²) in [4.78, 5) is 24.0. The lowest BCUT2D eigenvalue weighted by Crippen LogP contribution is -2.45. The van der Waals surface area contributed by atoms with Crippen molar-refractivity contribution in [1.82, 2.24) is 5.32 Å². The standard InChI is InChI=1S/C14H16ClNO3S/c1-8(20-11-5-3-2-4-10(11)15)13(17)16-12(14(18)19)9-6-7-9/h2-5,8-9,12H,6-7H2,1H3,(H,16,17)(H,18,19). The Morgan fingerprint density at radius 1 is 1.40 bits per heavy atom. The summed E-state index contributed by atoms with van der Waals surface area (Å²) in [5, 5.41) is 11.9. The van der Waals surface area contributed by atoms with Crippen LogP contribution in [0.3, 0.4) is 0 Å². The van der Waals surface area contributed by atoms with E-state index in [0.29, 0.717) is 5.02 Å². The molecule has 1 amide bonds. The van der Waals surface area contributed by atoms with Gasteiger partial charge < -0.3 is 10.4 Å². The molecular formula is C14H16ClNO3S. The number of rotatable bonds is 6. The lowest BCUT2D eigenvalue weighted by Gasteiger charge is -2.17. The van der Waals surface area contributed by atoms with Gasteiger partial charge in [-0.15, -0.1) is 11.8 Å². The Labute approximate surface area is 126 Å². The number of nitrogens with one attached hydrogen (secondary N) is 1. The second-order valence-electron chi connectivity index (χ2n) is 4.85. The maximum Gasteiger partial charge on any atom is 0.326 e. The minimum Gasteiger partial charge on any atom is -0.480 e. The topological polar surface area (TPSA) is 66.4 Å². The zero-order valence-electron chi connectivity index (χ0n) is 11.0. The van der Waals surface area contributed by atoms with E-state index in [2.05, 4.69) is 5.32 Å². The van der Waals surface area contributed by atoms with Gasteiger partial charge in [-0.3, -0.25) is 4.79 Å². The molecule has 2 rings (SSSR count). The van der Waals surface area contributed by atoms with Crippen LogP contribution in [0.1, 0.15) is 19.8 Å². The van der Waals surface area contributed by atoms with E-state index in [1.54, 1.807) is 13.0 Å². The molecule has 1 aliphatic rings. The number of carbonyl (C=O) groups excluding carboxylic acids is 1. The van der Waals surface area contributed by atoms with Gasteiger partial charge in [0, 0.05) is 4.90 Å². The summed E-state index contributed by atoms with van der Waals surface area (Å²) >= 11 is 7.37. The van der Waals surface area contributed by atoms with E-state index in [4.69, 9.17) is 16.7 Å². The van der Waals surface area contributed by atoms with Gasteiger partial charge in [-0.05, 0) is 37.8 Å². The van der Waals surface area contributed by atoms with E-state index in [9.17, 15) is 9.59 Å². The SMILES string of the molecule is CC(Sc1ccccc1Cl)C(=O)NC(C(=O)O)C1CC1. The maximum atomic E-state index is 12.1. The number of thioether (sulfide) groups is 1. The lowest BCUT2D eigenvalue weighted by atomic mass is 10.2. The van der Waals surface area contributed by atoms with E-state index in [-0.39, 0.29) is 11.8 Å². The molecule has 20 heavy (non-hydrogen) atoms. The fourth-order valence-electron chi connectivity index (χ4n) is 1.87. The second kappa shape index (κ2) is 6.50. The molecule has 0 aromatic heterocycles. The first-order valence-electron chi connectivity index (χ1n) is 6.43. The highest BCUT2D eigenvalue weighted by atomic mass is 35.5. The maximum absolute atomic E-state index is 12.1. The summed E-state index contributed by atoms with van der Waals surface area (Å²) in [6.07, 6.45) is 1.73. The summed E-state index contributed by atoms with van der Waals surface area (Å²) in [6.45, 7) is 1.75. The van der Waals surface area contributed by atoms with Crippen molar-refractivity contribution in [3.05, 3.63) is 29.3 Å². The van der Waals surface area contributed by atoms with Crippen LogP contribution in [0.5, 0.6) is 0 Å². The van der Waals surface area contributed by atoms with Gasteiger partial charge in [0.15, 0.2) is 0 Å². The van der Waals surface area contributed by atoms with Crippen LogP contribution in [-0.4, -0.2) is 28.3 Å². The van der Waals surface area contributed by atoms with E-state index in [1.165, 1.54) is 11.8 Å². The van der Waals surface area contributed by atoms with Crippen molar-refractivity contribution >= 4 is 35.2 Å². The van der Waals surface area contributed by atoms with E-state index >= 15 is 0 Å². The number of hydrogen-bond donors (Lipinski definition) is 2. The van der Waals surface area contributed by atoms with Gasteiger partial charge in [-0.2, -0.15) is 0 Å². The third-order valence-corrected chi connectivity index (χ3v) is 4.79. The van der Waals surface area contributed by atoms with Gasteiger partial charge in [0.05, 0.1) is 10.3 Å². The summed E-state index contributed by atoms with van der Waals surface area (Å²) in [5.74, 6) is -1.15. The number of hydrogen-bond acceptors (Lipinski definition) is 3. The largest absolute Gasteiger partial charge is 0.480 e. The zero-order valence-corrected chi connectivity index (χ0v) is 12.6. The molecule has 0 spiro atoms. The van der Waals surface area contributed by atoms with Crippen LogP contribution in [0.2, 0.25) is 5.02 Å². The Morgan fingerprint density at radius 2 is 2.05 bits per heavy atom. The molecule has 0 bridgehead atoms. The molecule has 108 valence electrons. The monoisotopic (exact) mass is 313 g/mol. The van der Waals surface area contributed by atoms with Gasteiger partial charge in [0.2, 0.25) is 5.91 Å². The van der Waals surface area contributed by atoms with Crippen LogP contribution in [-0.2, 0) is 9.59 Å². The highest BCUT2D eigenvalue weighted by Crippen LogP contribution is 2.34. The van der Waals surface area contributed by atoms with Crippen molar-refractivity contribution in [2.24, 2.45) is 5.92 Å². The number of carbonyl (C=O) groups is 2.